The van der Waals surface area contributed by atoms with Crippen molar-refractivity contribution in [2.24, 2.45) is 4.99 Å². The summed E-state index contributed by atoms with van der Waals surface area (Å²) in [4.78, 5) is 9.53. The van der Waals surface area contributed by atoms with Crippen LogP contribution >= 0.6 is 0 Å². The van der Waals surface area contributed by atoms with Crippen LogP contribution in [0.5, 0.6) is 5.75 Å². The van der Waals surface area contributed by atoms with Crippen LogP contribution in [0.15, 0.2) is 82.9 Å². The zero-order chi connectivity index (χ0) is 22.3. The number of para-hydroxylation sites is 1. The van der Waals surface area contributed by atoms with Gasteiger partial charge in [-0.05, 0) is 47.9 Å². The molecular formula is C25H23N3O3S. The molecular weight excluding hydrogens is 422 g/mol. The number of aromatic nitrogens is 1. The molecule has 162 valence electrons. The predicted octanol–water partition coefficient (Wildman–Crippen LogP) is 4.59. The number of benzene rings is 2. The Morgan fingerprint density at radius 1 is 1.06 bits per heavy atom. The highest BCUT2D eigenvalue weighted by atomic mass is 32.2. The molecule has 0 amide bonds. The molecule has 0 fully saturated rings. The van der Waals surface area contributed by atoms with E-state index in [9.17, 15) is 8.42 Å². The molecule has 1 N–H and O–H groups in total. The summed E-state index contributed by atoms with van der Waals surface area (Å²) < 4.78 is 31.1. The molecule has 2 aliphatic heterocycles. The molecule has 0 radical (unpaired) electrons. The molecule has 3 heterocycles. The molecule has 7 heteroatoms. The molecule has 1 aromatic heterocycles. The Hall–Kier alpha value is -3.45. The minimum Gasteiger partial charge on any atom is -0.441 e. The lowest BCUT2D eigenvalue weighted by atomic mass is 9.83. The quantitative estimate of drug-likeness (QED) is 0.635. The number of rotatable bonds is 4. The number of ether oxygens (including phenoxy) is 1. The number of hydrogen-bond donors (Lipinski definition) is 1. The molecule has 2 aromatic carbocycles. The number of nitrogens with zero attached hydrogens (tertiary/aromatic N) is 2. The second kappa shape index (κ2) is 7.91. The Bertz CT molecular complexity index is 1350. The van der Waals surface area contributed by atoms with Gasteiger partial charge in [0.1, 0.15) is 17.6 Å². The Kier molecular flexibility index (Phi) is 5.06. The second-order valence-corrected chi connectivity index (χ2v) is 10.2. The summed E-state index contributed by atoms with van der Waals surface area (Å²) in [6.45, 7) is 3.66. The van der Waals surface area contributed by atoms with Crippen LogP contribution in [0, 0.1) is 6.92 Å². The van der Waals surface area contributed by atoms with Crippen molar-refractivity contribution in [1.82, 2.24) is 4.98 Å². The highest BCUT2D eigenvalue weighted by Crippen LogP contribution is 2.46. The van der Waals surface area contributed by atoms with Crippen molar-refractivity contribution in [1.29, 1.82) is 0 Å². The van der Waals surface area contributed by atoms with E-state index in [4.69, 9.17) is 4.74 Å². The minimum atomic E-state index is -3.32. The monoisotopic (exact) mass is 445 g/mol. The first-order valence-electron chi connectivity index (χ1n) is 10.5. The lowest BCUT2D eigenvalue weighted by Gasteiger charge is -2.27. The van der Waals surface area contributed by atoms with Crippen LogP contribution < -0.4 is 10.1 Å². The largest absolute Gasteiger partial charge is 0.441 e. The maximum absolute atomic E-state index is 12.5. The third-order valence-corrected chi connectivity index (χ3v) is 7.55. The van der Waals surface area contributed by atoms with Gasteiger partial charge in [-0.15, -0.1) is 0 Å². The SMILES string of the molecule is CCS(=O)(=O)c1cccc(C2=CN=C(Oc3ccccc3)C3Nc4ncc(C)cc4C23)c1. The molecule has 32 heavy (non-hydrogen) atoms. The maximum atomic E-state index is 12.5. The molecule has 0 saturated heterocycles. The molecule has 2 aliphatic rings. The summed E-state index contributed by atoms with van der Waals surface area (Å²) in [6, 6.07) is 18.5. The first-order chi connectivity index (χ1) is 15.5. The van der Waals surface area contributed by atoms with E-state index in [-0.39, 0.29) is 17.7 Å². The molecule has 2 atom stereocenters. The van der Waals surface area contributed by atoms with E-state index in [1.54, 1.807) is 31.3 Å². The summed E-state index contributed by atoms with van der Waals surface area (Å²) in [5.41, 5.74) is 3.87. The Morgan fingerprint density at radius 2 is 1.88 bits per heavy atom. The van der Waals surface area contributed by atoms with Crippen molar-refractivity contribution in [3.05, 3.63) is 89.8 Å². The first-order valence-corrected chi connectivity index (χ1v) is 12.2. The number of aryl methyl sites for hydroxylation is 1. The lowest BCUT2D eigenvalue weighted by Crippen LogP contribution is -2.36. The van der Waals surface area contributed by atoms with Gasteiger partial charge in [-0.2, -0.15) is 0 Å². The van der Waals surface area contributed by atoms with E-state index in [0.717, 1.165) is 28.1 Å². The van der Waals surface area contributed by atoms with Gasteiger partial charge in [0.2, 0.25) is 5.90 Å². The normalized spacial score (nSPS) is 19.3. The van der Waals surface area contributed by atoms with E-state index < -0.39 is 9.84 Å². The van der Waals surface area contributed by atoms with Crippen LogP contribution in [0.3, 0.4) is 0 Å². The van der Waals surface area contributed by atoms with Gasteiger partial charge in [0, 0.05) is 23.9 Å². The van der Waals surface area contributed by atoms with E-state index in [2.05, 4.69) is 21.4 Å². The summed E-state index contributed by atoms with van der Waals surface area (Å²) >= 11 is 0. The Balaban J connectivity index is 1.62. The van der Waals surface area contributed by atoms with E-state index in [1.165, 1.54) is 0 Å². The highest BCUT2D eigenvalue weighted by molar-refractivity contribution is 7.91. The van der Waals surface area contributed by atoms with Crippen molar-refractivity contribution in [3.8, 4) is 5.75 Å². The molecule has 5 rings (SSSR count). The molecule has 0 saturated carbocycles. The zero-order valence-electron chi connectivity index (χ0n) is 17.8. The van der Waals surface area contributed by atoms with Crippen molar-refractivity contribution >= 4 is 27.1 Å². The number of fused-ring (bicyclic) bond motifs is 3. The van der Waals surface area contributed by atoms with Crippen LogP contribution in [-0.4, -0.2) is 31.1 Å². The standard InChI is InChI=1S/C25H23N3O3S/c1-3-32(29,30)19-11-7-8-17(13-19)21-15-27-25(31-18-9-5-4-6-10-18)23-22(21)20-12-16(2)14-26-24(20)28-23/h4-15,22-23H,3H2,1-2H3,(H,26,28). The average Bonchev–Trinajstić information content (AvgIpc) is 3.19. The van der Waals surface area contributed by atoms with Crippen LogP contribution in [-0.2, 0) is 9.84 Å². The summed E-state index contributed by atoms with van der Waals surface area (Å²) in [7, 11) is -3.32. The van der Waals surface area contributed by atoms with Gasteiger partial charge in [0.15, 0.2) is 9.84 Å². The summed E-state index contributed by atoms with van der Waals surface area (Å²) in [5.74, 6) is 2.01. The first kappa shape index (κ1) is 20.5. The molecule has 2 unspecified atom stereocenters. The zero-order valence-corrected chi connectivity index (χ0v) is 18.6. The van der Waals surface area contributed by atoms with Gasteiger partial charge in [-0.3, -0.25) is 0 Å². The molecule has 3 aromatic rings. The summed E-state index contributed by atoms with van der Waals surface area (Å²) in [6.07, 6.45) is 3.62. The van der Waals surface area contributed by atoms with E-state index in [0.29, 0.717) is 16.5 Å². The Morgan fingerprint density at radius 3 is 2.66 bits per heavy atom. The van der Waals surface area contributed by atoms with Crippen LogP contribution in [0.4, 0.5) is 5.82 Å². The van der Waals surface area contributed by atoms with Gasteiger partial charge < -0.3 is 10.1 Å². The highest BCUT2D eigenvalue weighted by Gasteiger charge is 2.42. The minimum absolute atomic E-state index is 0.0578. The van der Waals surface area contributed by atoms with Crippen LogP contribution in [0.1, 0.15) is 29.5 Å². The Labute approximate surface area is 187 Å². The van der Waals surface area contributed by atoms with E-state index in [1.807, 2.05) is 49.5 Å². The number of aliphatic imine (C=N–C) groups is 1. The fraction of sp³-hybridized carbons (Fsp3) is 0.200. The number of hydrogen-bond acceptors (Lipinski definition) is 6. The molecule has 0 bridgehead atoms. The predicted molar refractivity (Wildman–Crippen MR) is 126 cm³/mol. The average molecular weight is 446 g/mol. The van der Waals surface area contributed by atoms with Crippen LogP contribution in [0.25, 0.3) is 5.57 Å². The van der Waals surface area contributed by atoms with Gasteiger partial charge in [-0.25, -0.2) is 18.4 Å². The number of sulfone groups is 1. The van der Waals surface area contributed by atoms with Crippen molar-refractivity contribution in [2.75, 3.05) is 11.1 Å². The van der Waals surface area contributed by atoms with Gasteiger partial charge in [0.25, 0.3) is 0 Å². The van der Waals surface area contributed by atoms with Gasteiger partial charge in [0.05, 0.1) is 10.6 Å². The maximum Gasteiger partial charge on any atom is 0.218 e. The molecule has 6 nitrogen and oxygen atoms in total. The number of pyridine rings is 1. The van der Waals surface area contributed by atoms with Crippen molar-refractivity contribution in [3.63, 3.8) is 0 Å². The van der Waals surface area contributed by atoms with Crippen molar-refractivity contribution < 1.29 is 13.2 Å². The summed E-state index contributed by atoms with van der Waals surface area (Å²) in [5, 5.41) is 3.46. The third kappa shape index (κ3) is 3.58. The fourth-order valence-electron chi connectivity index (χ4n) is 4.19. The smallest absolute Gasteiger partial charge is 0.218 e. The number of nitrogens with one attached hydrogen (secondary N) is 1. The third-order valence-electron chi connectivity index (χ3n) is 5.82. The van der Waals surface area contributed by atoms with Gasteiger partial charge >= 0.3 is 0 Å². The fourth-order valence-corrected chi connectivity index (χ4v) is 5.12. The topological polar surface area (TPSA) is 80.7 Å². The molecule has 0 spiro atoms. The number of anilines is 1. The lowest BCUT2D eigenvalue weighted by molar-refractivity contribution is 0.515. The van der Waals surface area contributed by atoms with Gasteiger partial charge in [-0.1, -0.05) is 43.3 Å². The van der Waals surface area contributed by atoms with Crippen LogP contribution in [0.2, 0.25) is 0 Å². The molecule has 0 aliphatic carbocycles. The van der Waals surface area contributed by atoms with E-state index >= 15 is 0 Å². The second-order valence-electron chi connectivity index (χ2n) is 7.95. The van der Waals surface area contributed by atoms with Crippen molar-refractivity contribution in [2.45, 2.75) is 30.7 Å².